The summed E-state index contributed by atoms with van der Waals surface area (Å²) in [5, 5.41) is 4.19. The molecule has 0 radical (unpaired) electrons. The fourth-order valence-corrected chi connectivity index (χ4v) is 3.80. The van der Waals surface area contributed by atoms with Gasteiger partial charge in [-0.15, -0.1) is 0 Å². The van der Waals surface area contributed by atoms with Gasteiger partial charge in [0.2, 0.25) is 6.10 Å². The molecule has 1 aromatic carbocycles. The predicted molar refractivity (Wildman–Crippen MR) is 114 cm³/mol. The van der Waals surface area contributed by atoms with Crippen molar-refractivity contribution in [2.75, 3.05) is 39.4 Å². The number of aromatic nitrogens is 1. The highest BCUT2D eigenvalue weighted by molar-refractivity contribution is 6.04. The van der Waals surface area contributed by atoms with Crippen LogP contribution in [0.15, 0.2) is 60.0 Å². The Labute approximate surface area is 177 Å². The molecule has 1 fully saturated rings. The van der Waals surface area contributed by atoms with Crippen molar-refractivity contribution < 1.29 is 14.4 Å². The summed E-state index contributed by atoms with van der Waals surface area (Å²) >= 11 is 0. The fraction of sp³-hybridized carbons (Fsp3) is 0.435. The number of ether oxygens (including phenoxy) is 1. The third-order valence-electron chi connectivity index (χ3n) is 5.49. The zero-order chi connectivity index (χ0) is 20.6. The maximum Gasteiger partial charge on any atom is 0.267 e. The van der Waals surface area contributed by atoms with E-state index >= 15 is 0 Å². The van der Waals surface area contributed by atoms with Gasteiger partial charge in [-0.3, -0.25) is 14.7 Å². The maximum absolute atomic E-state index is 13.3. The Kier molecular flexibility index (Phi) is 7.05. The molecule has 2 aliphatic rings. The lowest BCUT2D eigenvalue weighted by Gasteiger charge is -2.29. The van der Waals surface area contributed by atoms with Crippen molar-refractivity contribution >= 4 is 11.6 Å². The number of amides is 1. The lowest BCUT2D eigenvalue weighted by atomic mass is 10.0. The van der Waals surface area contributed by atoms with Gasteiger partial charge in [-0.2, -0.15) is 0 Å². The molecule has 30 heavy (non-hydrogen) atoms. The van der Waals surface area contributed by atoms with E-state index in [9.17, 15) is 4.79 Å². The lowest BCUT2D eigenvalue weighted by Crippen LogP contribution is -2.42. The molecule has 2 aliphatic heterocycles. The van der Waals surface area contributed by atoms with E-state index < -0.39 is 6.10 Å². The lowest BCUT2D eigenvalue weighted by molar-refractivity contribution is -0.142. The number of hydrogen-bond donors (Lipinski definition) is 0. The quantitative estimate of drug-likeness (QED) is 0.671. The highest BCUT2D eigenvalue weighted by Crippen LogP contribution is 2.20. The number of oxime groups is 1. The second-order valence-corrected chi connectivity index (χ2v) is 7.63. The second kappa shape index (κ2) is 10.3. The first-order valence-corrected chi connectivity index (χ1v) is 10.6. The van der Waals surface area contributed by atoms with Gasteiger partial charge in [-0.25, -0.2) is 0 Å². The Morgan fingerprint density at radius 3 is 2.63 bits per heavy atom. The highest BCUT2D eigenvalue weighted by Gasteiger charge is 2.32. The summed E-state index contributed by atoms with van der Waals surface area (Å²) in [6.45, 7) is 5.67. The van der Waals surface area contributed by atoms with E-state index in [0.29, 0.717) is 19.5 Å². The predicted octanol–water partition coefficient (Wildman–Crippen LogP) is 2.33. The summed E-state index contributed by atoms with van der Waals surface area (Å²) in [6.07, 6.45) is 4.36. The molecule has 0 N–H and O–H groups in total. The number of pyridine rings is 1. The molecule has 3 heterocycles. The van der Waals surface area contributed by atoms with Crippen molar-refractivity contribution in [3.05, 3.63) is 66.0 Å². The van der Waals surface area contributed by atoms with Gasteiger partial charge >= 0.3 is 0 Å². The highest BCUT2D eigenvalue weighted by atomic mass is 16.6. The Balaban J connectivity index is 1.37. The number of carbonyl (C=O) groups is 1. The molecular formula is C23H28N4O3. The van der Waals surface area contributed by atoms with Crippen molar-refractivity contribution in [3.8, 4) is 0 Å². The average Bonchev–Trinajstić information content (AvgIpc) is 3.30. The molecule has 1 unspecified atom stereocenters. The molecule has 158 valence electrons. The number of benzene rings is 1. The van der Waals surface area contributed by atoms with Crippen LogP contribution in [0.4, 0.5) is 0 Å². The van der Waals surface area contributed by atoms with Crippen molar-refractivity contribution in [3.63, 3.8) is 0 Å². The van der Waals surface area contributed by atoms with E-state index in [4.69, 9.17) is 9.57 Å². The van der Waals surface area contributed by atoms with Gasteiger partial charge in [0.15, 0.2) is 0 Å². The first-order valence-electron chi connectivity index (χ1n) is 10.6. The van der Waals surface area contributed by atoms with Crippen LogP contribution >= 0.6 is 0 Å². The van der Waals surface area contributed by atoms with Gasteiger partial charge in [-0.1, -0.05) is 35.5 Å². The van der Waals surface area contributed by atoms with Crippen molar-refractivity contribution in [1.29, 1.82) is 0 Å². The summed E-state index contributed by atoms with van der Waals surface area (Å²) in [6, 6.07) is 13.8. The van der Waals surface area contributed by atoms with Crippen molar-refractivity contribution in [2.45, 2.75) is 25.5 Å². The van der Waals surface area contributed by atoms with Crippen LogP contribution < -0.4 is 0 Å². The number of rotatable bonds is 8. The minimum absolute atomic E-state index is 0.0107. The normalized spacial score (nSPS) is 19.2. The Morgan fingerprint density at radius 1 is 1.10 bits per heavy atom. The van der Waals surface area contributed by atoms with Gasteiger partial charge in [-0.05, 0) is 29.7 Å². The molecule has 0 aliphatic carbocycles. The first-order chi connectivity index (χ1) is 14.8. The van der Waals surface area contributed by atoms with E-state index in [1.165, 1.54) is 0 Å². The van der Waals surface area contributed by atoms with E-state index in [1.807, 2.05) is 47.4 Å². The first kappa shape index (κ1) is 20.5. The van der Waals surface area contributed by atoms with E-state index in [1.54, 1.807) is 12.4 Å². The third-order valence-corrected chi connectivity index (χ3v) is 5.49. The van der Waals surface area contributed by atoms with Gasteiger partial charge < -0.3 is 14.5 Å². The van der Waals surface area contributed by atoms with Crippen molar-refractivity contribution in [2.24, 2.45) is 5.16 Å². The number of nitrogens with zero attached hydrogens (tertiary/aromatic N) is 4. The zero-order valence-corrected chi connectivity index (χ0v) is 17.2. The van der Waals surface area contributed by atoms with E-state index in [2.05, 4.69) is 15.0 Å². The number of hydrogen-bond acceptors (Lipinski definition) is 6. The monoisotopic (exact) mass is 408 g/mol. The molecule has 1 atom stereocenters. The second-order valence-electron chi connectivity index (χ2n) is 7.63. The van der Waals surface area contributed by atoms with Crippen LogP contribution in [0.25, 0.3) is 0 Å². The molecule has 0 bridgehead atoms. The summed E-state index contributed by atoms with van der Waals surface area (Å²) < 4.78 is 5.42. The zero-order valence-electron chi connectivity index (χ0n) is 17.2. The molecule has 1 aromatic heterocycles. The smallest absolute Gasteiger partial charge is 0.267 e. The van der Waals surface area contributed by atoms with Gasteiger partial charge in [0.25, 0.3) is 5.91 Å². The third kappa shape index (κ3) is 5.43. The standard InChI is InChI=1S/C23H28N4O3/c28-23(22-17-21(25-30-22)20-5-2-1-3-6-20)27(18-19-7-9-24-10-8-19)12-4-11-26-13-15-29-16-14-26/h1-3,5-10,22H,4,11-18H2. The summed E-state index contributed by atoms with van der Waals surface area (Å²) in [7, 11) is 0. The van der Waals surface area contributed by atoms with Crippen LogP contribution in [0.1, 0.15) is 24.0 Å². The maximum atomic E-state index is 13.3. The largest absolute Gasteiger partial charge is 0.382 e. The summed E-state index contributed by atoms with van der Waals surface area (Å²) in [5.41, 5.74) is 2.89. The molecule has 0 spiro atoms. The summed E-state index contributed by atoms with van der Waals surface area (Å²) in [5.74, 6) is -0.0107. The van der Waals surface area contributed by atoms with Crippen LogP contribution in [0.5, 0.6) is 0 Å². The SMILES string of the molecule is O=C(C1CC(c2ccccc2)=NO1)N(CCCN1CCOCC1)Cc1ccncc1. The Hall–Kier alpha value is -2.77. The molecule has 2 aromatic rings. The van der Waals surface area contributed by atoms with Crippen LogP contribution in [0.2, 0.25) is 0 Å². The molecule has 7 heteroatoms. The number of morpholine rings is 1. The minimum Gasteiger partial charge on any atom is -0.382 e. The van der Waals surface area contributed by atoms with Crippen LogP contribution in [0.3, 0.4) is 0 Å². The molecule has 7 nitrogen and oxygen atoms in total. The Morgan fingerprint density at radius 2 is 1.87 bits per heavy atom. The van der Waals surface area contributed by atoms with E-state index in [-0.39, 0.29) is 5.91 Å². The van der Waals surface area contributed by atoms with Gasteiger partial charge in [0.1, 0.15) is 0 Å². The fourth-order valence-electron chi connectivity index (χ4n) is 3.80. The van der Waals surface area contributed by atoms with Gasteiger partial charge in [0.05, 0.1) is 18.9 Å². The molecule has 4 rings (SSSR count). The topological polar surface area (TPSA) is 67.3 Å². The minimum atomic E-state index is -0.564. The molecule has 1 saturated heterocycles. The average molecular weight is 409 g/mol. The molecule has 1 amide bonds. The van der Waals surface area contributed by atoms with E-state index in [0.717, 1.165) is 56.1 Å². The van der Waals surface area contributed by atoms with Crippen LogP contribution in [-0.2, 0) is 20.9 Å². The molecular weight excluding hydrogens is 380 g/mol. The summed E-state index contributed by atoms with van der Waals surface area (Å²) in [4.78, 5) is 27.2. The number of carbonyl (C=O) groups excluding carboxylic acids is 1. The van der Waals surface area contributed by atoms with Crippen LogP contribution in [0, 0.1) is 0 Å². The Bertz CT molecular complexity index is 838. The molecule has 0 saturated carbocycles. The van der Waals surface area contributed by atoms with Crippen LogP contribution in [-0.4, -0.2) is 71.9 Å². The van der Waals surface area contributed by atoms with Gasteiger partial charge in [0, 0.05) is 51.5 Å². The van der Waals surface area contributed by atoms with Crippen molar-refractivity contribution in [1.82, 2.24) is 14.8 Å².